The molecule has 4 aromatic rings. The molecule has 0 N–H and O–H groups in total. The molecule has 0 aliphatic carbocycles. The highest BCUT2D eigenvalue weighted by Crippen LogP contribution is 2.28. The summed E-state index contributed by atoms with van der Waals surface area (Å²) in [7, 11) is 1.64. The van der Waals surface area contributed by atoms with E-state index in [1.165, 1.54) is 4.88 Å². The third kappa shape index (κ3) is 4.23. The number of aryl methyl sites for hydroxylation is 2. The number of thiophene rings is 1. The molecule has 0 radical (unpaired) electrons. The van der Waals surface area contributed by atoms with E-state index in [0.29, 0.717) is 10.9 Å². The lowest BCUT2D eigenvalue weighted by Gasteiger charge is -2.07. The van der Waals surface area contributed by atoms with Crippen LogP contribution in [0.15, 0.2) is 46.9 Å². The molecule has 3 heterocycles. The molecule has 4 rings (SSSR count). The van der Waals surface area contributed by atoms with Crippen LogP contribution in [0.25, 0.3) is 10.9 Å². The molecule has 138 valence electrons. The fraction of sp³-hybridized carbons (Fsp3) is 0.222. The highest BCUT2D eigenvalue weighted by Gasteiger charge is 2.11. The van der Waals surface area contributed by atoms with E-state index in [4.69, 9.17) is 16.3 Å². The summed E-state index contributed by atoms with van der Waals surface area (Å²) in [5.74, 6) is 1.41. The van der Waals surface area contributed by atoms with Crippen molar-refractivity contribution < 1.29 is 4.74 Å². The molecule has 0 aliphatic heterocycles. The first-order valence-corrected chi connectivity index (χ1v) is 10.5. The Morgan fingerprint density at radius 1 is 1.26 bits per heavy atom. The second-order valence-corrected chi connectivity index (χ2v) is 8.13. The summed E-state index contributed by atoms with van der Waals surface area (Å²) in [4.78, 5) is 5.81. The standard InChI is InChI=1S/C18H16ClN5OS2/c1-25-14-5-4-12-9-13(17(19)20-16(12)10-14)11-27-18-21-22-23-24(18)7-6-15-3-2-8-26-15/h2-5,8-10H,6-7,11H2,1H3. The molecule has 9 heteroatoms. The SMILES string of the molecule is COc1ccc2cc(CSc3nnnn3CCc3cccs3)c(Cl)nc2c1. The molecule has 0 atom stereocenters. The molecule has 0 saturated heterocycles. The number of benzene rings is 1. The van der Waals surface area contributed by atoms with E-state index in [-0.39, 0.29) is 0 Å². The number of methoxy groups -OCH3 is 1. The molecule has 0 unspecified atom stereocenters. The Morgan fingerprint density at radius 3 is 3.00 bits per heavy atom. The molecular formula is C18H16ClN5OS2. The van der Waals surface area contributed by atoms with Crippen LogP contribution in [0.2, 0.25) is 5.15 Å². The molecule has 6 nitrogen and oxygen atoms in total. The number of hydrogen-bond acceptors (Lipinski definition) is 7. The lowest BCUT2D eigenvalue weighted by atomic mass is 10.1. The van der Waals surface area contributed by atoms with E-state index < -0.39 is 0 Å². The number of fused-ring (bicyclic) bond motifs is 1. The molecule has 0 bridgehead atoms. The number of nitrogens with zero attached hydrogens (tertiary/aromatic N) is 5. The summed E-state index contributed by atoms with van der Waals surface area (Å²) in [6.07, 6.45) is 0.913. The van der Waals surface area contributed by atoms with Crippen LogP contribution in [-0.2, 0) is 18.7 Å². The summed E-state index contributed by atoms with van der Waals surface area (Å²) in [5.41, 5.74) is 1.76. The zero-order valence-corrected chi connectivity index (χ0v) is 16.9. The molecule has 27 heavy (non-hydrogen) atoms. The van der Waals surface area contributed by atoms with Gasteiger partial charge in [-0.25, -0.2) is 9.67 Å². The van der Waals surface area contributed by atoms with Gasteiger partial charge in [-0.3, -0.25) is 0 Å². The minimum Gasteiger partial charge on any atom is -0.497 e. The van der Waals surface area contributed by atoms with Crippen molar-refractivity contribution in [3.05, 3.63) is 57.4 Å². The number of halogens is 1. The maximum atomic E-state index is 6.39. The van der Waals surface area contributed by atoms with Crippen LogP contribution >= 0.6 is 34.7 Å². The van der Waals surface area contributed by atoms with Gasteiger partial charge in [0.1, 0.15) is 10.9 Å². The largest absolute Gasteiger partial charge is 0.497 e. The molecule has 1 aromatic carbocycles. The van der Waals surface area contributed by atoms with E-state index in [1.54, 1.807) is 30.2 Å². The number of tetrazole rings is 1. The van der Waals surface area contributed by atoms with E-state index in [1.807, 2.05) is 22.9 Å². The normalized spacial score (nSPS) is 11.2. The second kappa shape index (κ2) is 8.24. The number of thioether (sulfide) groups is 1. The Bertz CT molecular complexity index is 1050. The van der Waals surface area contributed by atoms with Gasteiger partial charge in [0.2, 0.25) is 5.16 Å². The van der Waals surface area contributed by atoms with Crippen molar-refractivity contribution in [3.8, 4) is 5.75 Å². The molecular weight excluding hydrogens is 402 g/mol. The average molecular weight is 418 g/mol. The van der Waals surface area contributed by atoms with E-state index >= 15 is 0 Å². The number of ether oxygens (including phenoxy) is 1. The summed E-state index contributed by atoms with van der Waals surface area (Å²) in [6.45, 7) is 0.749. The maximum absolute atomic E-state index is 6.39. The zero-order chi connectivity index (χ0) is 18.6. The molecule has 0 saturated carbocycles. The van der Waals surface area contributed by atoms with Crippen molar-refractivity contribution in [2.24, 2.45) is 0 Å². The highest BCUT2D eigenvalue weighted by molar-refractivity contribution is 7.98. The summed E-state index contributed by atoms with van der Waals surface area (Å²) in [5, 5.41) is 16.4. The zero-order valence-electron chi connectivity index (χ0n) is 14.5. The fourth-order valence-electron chi connectivity index (χ4n) is 2.65. The van der Waals surface area contributed by atoms with Crippen LogP contribution in [0, 0.1) is 0 Å². The first-order valence-electron chi connectivity index (χ1n) is 8.27. The Labute approximate surface area is 169 Å². The van der Waals surface area contributed by atoms with Crippen molar-refractivity contribution in [1.82, 2.24) is 25.2 Å². The predicted octanol–water partition coefficient (Wildman–Crippen LogP) is 4.48. The van der Waals surface area contributed by atoms with Crippen molar-refractivity contribution in [3.63, 3.8) is 0 Å². The lowest BCUT2D eigenvalue weighted by Crippen LogP contribution is -2.04. The Kier molecular flexibility index (Phi) is 5.56. The highest BCUT2D eigenvalue weighted by atomic mass is 35.5. The van der Waals surface area contributed by atoms with Crippen molar-refractivity contribution in [1.29, 1.82) is 0 Å². The molecule has 0 aliphatic rings. The maximum Gasteiger partial charge on any atom is 0.209 e. The smallest absolute Gasteiger partial charge is 0.209 e. The molecule has 0 fully saturated rings. The first-order chi connectivity index (χ1) is 13.2. The third-order valence-corrected chi connectivity index (χ3v) is 6.33. The minimum atomic E-state index is 0.487. The van der Waals surface area contributed by atoms with Crippen molar-refractivity contribution in [2.45, 2.75) is 23.9 Å². The van der Waals surface area contributed by atoms with E-state index in [2.05, 4.69) is 44.1 Å². The fourth-order valence-corrected chi connectivity index (χ4v) is 4.51. The van der Waals surface area contributed by atoms with Gasteiger partial charge in [0.25, 0.3) is 0 Å². The number of hydrogen-bond donors (Lipinski definition) is 0. The van der Waals surface area contributed by atoms with Crippen LogP contribution in [0.5, 0.6) is 5.75 Å². The lowest BCUT2D eigenvalue weighted by molar-refractivity contribution is 0.415. The third-order valence-electron chi connectivity index (χ3n) is 4.06. The molecule has 0 spiro atoms. The minimum absolute atomic E-state index is 0.487. The Morgan fingerprint density at radius 2 is 2.19 bits per heavy atom. The Hall–Kier alpha value is -2.16. The Balaban J connectivity index is 1.47. The summed E-state index contributed by atoms with van der Waals surface area (Å²) >= 11 is 9.68. The van der Waals surface area contributed by atoms with Gasteiger partial charge in [-0.15, -0.1) is 16.4 Å². The van der Waals surface area contributed by atoms with Crippen molar-refractivity contribution >= 4 is 45.6 Å². The summed E-state index contributed by atoms with van der Waals surface area (Å²) in [6, 6.07) is 12.0. The molecule has 3 aromatic heterocycles. The van der Waals surface area contributed by atoms with Crippen LogP contribution in [-0.4, -0.2) is 32.3 Å². The van der Waals surface area contributed by atoms with Gasteiger partial charge < -0.3 is 4.74 Å². The van der Waals surface area contributed by atoms with Gasteiger partial charge >= 0.3 is 0 Å². The number of pyridine rings is 1. The van der Waals surface area contributed by atoms with E-state index in [9.17, 15) is 0 Å². The summed E-state index contributed by atoms with van der Waals surface area (Å²) < 4.78 is 7.07. The first kappa shape index (κ1) is 18.2. The average Bonchev–Trinajstić information content (AvgIpc) is 3.35. The van der Waals surface area contributed by atoms with Gasteiger partial charge in [-0.2, -0.15) is 0 Å². The van der Waals surface area contributed by atoms with Crippen LogP contribution in [0.4, 0.5) is 0 Å². The van der Waals surface area contributed by atoms with Gasteiger partial charge in [-0.1, -0.05) is 29.4 Å². The number of aromatic nitrogens is 5. The van der Waals surface area contributed by atoms with Crippen molar-refractivity contribution in [2.75, 3.05) is 7.11 Å². The second-order valence-electron chi connectivity index (χ2n) is 5.80. The van der Waals surface area contributed by atoms with Gasteiger partial charge in [-0.05, 0) is 40.1 Å². The van der Waals surface area contributed by atoms with Gasteiger partial charge in [0.05, 0.1) is 19.2 Å². The number of rotatable bonds is 7. The predicted molar refractivity (Wildman–Crippen MR) is 109 cm³/mol. The van der Waals surface area contributed by atoms with Gasteiger partial charge in [0, 0.05) is 34.1 Å². The van der Waals surface area contributed by atoms with Crippen LogP contribution in [0.3, 0.4) is 0 Å². The van der Waals surface area contributed by atoms with Crippen LogP contribution < -0.4 is 4.74 Å². The van der Waals surface area contributed by atoms with Crippen LogP contribution in [0.1, 0.15) is 10.4 Å². The van der Waals surface area contributed by atoms with Gasteiger partial charge in [0.15, 0.2) is 0 Å². The monoisotopic (exact) mass is 417 g/mol. The molecule has 0 amide bonds. The topological polar surface area (TPSA) is 65.7 Å². The van der Waals surface area contributed by atoms with E-state index in [0.717, 1.165) is 40.3 Å². The quantitative estimate of drug-likeness (QED) is 0.326.